The average molecular weight is 571 g/mol. The largest absolute Gasteiger partial charge is 0.354 e. The zero-order chi connectivity index (χ0) is 27.8. The van der Waals surface area contributed by atoms with Crippen LogP contribution in [0.2, 0.25) is 10.0 Å². The Labute approximate surface area is 231 Å². The number of sulfonamides is 1. The van der Waals surface area contributed by atoms with Crippen LogP contribution in [0.1, 0.15) is 56.2 Å². The van der Waals surface area contributed by atoms with Crippen molar-refractivity contribution in [2.24, 2.45) is 0 Å². The van der Waals surface area contributed by atoms with E-state index in [1.54, 1.807) is 25.1 Å². The van der Waals surface area contributed by atoms with E-state index in [9.17, 15) is 18.0 Å². The molecule has 0 fully saturated rings. The maximum absolute atomic E-state index is 13.4. The first-order chi connectivity index (χ1) is 17.3. The highest BCUT2D eigenvalue weighted by Crippen LogP contribution is 2.27. The number of hydrogen-bond donors (Lipinski definition) is 1. The molecule has 10 heteroatoms. The maximum atomic E-state index is 13.4. The van der Waals surface area contributed by atoms with Crippen molar-refractivity contribution in [2.75, 3.05) is 23.7 Å². The number of anilines is 1. The van der Waals surface area contributed by atoms with Crippen molar-refractivity contribution in [3.63, 3.8) is 0 Å². The standard InChI is InChI=1S/C27H37Cl2N3O4S/c1-6-7-13-30-27(34)21(4)31(18-23-24(28)10-8-11-25(23)29)26(33)12-9-14-32(37(5,35)36)22-16-19(2)15-20(3)17-22/h8,10-11,15-17,21H,6-7,9,12-14,18H2,1-5H3,(H,30,34). The Kier molecular flexibility index (Phi) is 11.7. The lowest BCUT2D eigenvalue weighted by Crippen LogP contribution is -2.48. The van der Waals surface area contributed by atoms with Gasteiger partial charge in [-0.3, -0.25) is 13.9 Å². The van der Waals surface area contributed by atoms with Gasteiger partial charge in [-0.05, 0) is 69.0 Å². The lowest BCUT2D eigenvalue weighted by Gasteiger charge is -2.30. The van der Waals surface area contributed by atoms with Gasteiger partial charge in [-0.25, -0.2) is 8.42 Å². The van der Waals surface area contributed by atoms with Crippen LogP contribution in [0.25, 0.3) is 0 Å². The summed E-state index contributed by atoms with van der Waals surface area (Å²) in [5.41, 5.74) is 3.02. The number of benzene rings is 2. The van der Waals surface area contributed by atoms with Crippen LogP contribution in [0.4, 0.5) is 5.69 Å². The second kappa shape index (κ2) is 14.0. The number of carbonyl (C=O) groups is 2. The highest BCUT2D eigenvalue weighted by Gasteiger charge is 2.27. The molecule has 0 saturated heterocycles. The lowest BCUT2D eigenvalue weighted by molar-refractivity contribution is -0.140. The third-order valence-electron chi connectivity index (χ3n) is 6.03. The zero-order valence-corrected chi connectivity index (χ0v) is 24.5. The minimum Gasteiger partial charge on any atom is -0.354 e. The van der Waals surface area contributed by atoms with Crippen LogP contribution in [0.3, 0.4) is 0 Å². The average Bonchev–Trinajstić information content (AvgIpc) is 2.79. The van der Waals surface area contributed by atoms with Crippen molar-refractivity contribution in [3.05, 3.63) is 63.1 Å². The number of halogens is 2. The predicted molar refractivity (Wildman–Crippen MR) is 152 cm³/mol. The number of nitrogens with zero attached hydrogens (tertiary/aromatic N) is 2. The normalized spacial score (nSPS) is 12.2. The molecule has 2 aromatic rings. The smallest absolute Gasteiger partial charge is 0.242 e. The van der Waals surface area contributed by atoms with Crippen molar-refractivity contribution >= 4 is 50.7 Å². The Morgan fingerprint density at radius 2 is 1.62 bits per heavy atom. The number of carbonyl (C=O) groups excluding carboxylic acids is 2. The van der Waals surface area contributed by atoms with Gasteiger partial charge in [0.05, 0.1) is 11.9 Å². The van der Waals surface area contributed by atoms with Crippen LogP contribution in [0, 0.1) is 13.8 Å². The Morgan fingerprint density at radius 3 is 2.16 bits per heavy atom. The molecule has 0 aromatic heterocycles. The third kappa shape index (κ3) is 9.20. The molecule has 0 aliphatic carbocycles. The molecule has 37 heavy (non-hydrogen) atoms. The molecule has 1 atom stereocenters. The molecule has 0 heterocycles. The van der Waals surface area contributed by atoms with Crippen molar-refractivity contribution in [2.45, 2.75) is 66.0 Å². The third-order valence-corrected chi connectivity index (χ3v) is 7.94. The molecule has 0 saturated carbocycles. The van der Waals surface area contributed by atoms with Gasteiger partial charge >= 0.3 is 0 Å². The van der Waals surface area contributed by atoms with Crippen LogP contribution >= 0.6 is 23.2 Å². The van der Waals surface area contributed by atoms with Crippen LogP contribution in [0.5, 0.6) is 0 Å². The fourth-order valence-corrected chi connectivity index (χ4v) is 5.54. The first kappa shape index (κ1) is 30.9. The highest BCUT2D eigenvalue weighted by atomic mass is 35.5. The topological polar surface area (TPSA) is 86.8 Å². The molecule has 1 unspecified atom stereocenters. The summed E-state index contributed by atoms with van der Waals surface area (Å²) in [6, 6.07) is 9.92. The Bertz CT molecular complexity index is 1160. The zero-order valence-electron chi connectivity index (χ0n) is 22.2. The molecular formula is C27H37Cl2N3O4S. The minimum atomic E-state index is -3.56. The molecule has 0 bridgehead atoms. The van der Waals surface area contributed by atoms with Gasteiger partial charge in [0.25, 0.3) is 0 Å². The molecule has 0 aliphatic rings. The van der Waals surface area contributed by atoms with E-state index in [1.165, 1.54) is 9.21 Å². The molecule has 2 aromatic carbocycles. The molecule has 204 valence electrons. The van der Waals surface area contributed by atoms with E-state index in [1.807, 2.05) is 39.0 Å². The Hall–Kier alpha value is -2.29. The minimum absolute atomic E-state index is 0.0471. The van der Waals surface area contributed by atoms with Crippen molar-refractivity contribution < 1.29 is 18.0 Å². The summed E-state index contributed by atoms with van der Waals surface area (Å²) >= 11 is 12.7. The van der Waals surface area contributed by atoms with Gasteiger partial charge in [-0.15, -0.1) is 0 Å². The summed E-state index contributed by atoms with van der Waals surface area (Å²) < 4.78 is 26.4. The van der Waals surface area contributed by atoms with E-state index in [-0.39, 0.29) is 37.7 Å². The quantitative estimate of drug-likeness (QED) is 0.323. The number of amides is 2. The van der Waals surface area contributed by atoms with E-state index in [4.69, 9.17) is 23.2 Å². The predicted octanol–water partition coefficient (Wildman–Crippen LogP) is 5.49. The van der Waals surface area contributed by atoms with Gasteiger partial charge in [0.2, 0.25) is 21.8 Å². The molecule has 0 spiro atoms. The fourth-order valence-electron chi connectivity index (χ4n) is 4.07. The molecule has 0 radical (unpaired) electrons. The van der Waals surface area contributed by atoms with Crippen LogP contribution in [0.15, 0.2) is 36.4 Å². The molecule has 1 N–H and O–H groups in total. The number of unbranched alkanes of at least 4 members (excludes halogenated alkanes) is 1. The van der Waals surface area contributed by atoms with E-state index < -0.39 is 16.1 Å². The van der Waals surface area contributed by atoms with Crippen LogP contribution in [-0.2, 0) is 26.2 Å². The van der Waals surface area contributed by atoms with E-state index in [2.05, 4.69) is 5.32 Å². The summed E-state index contributed by atoms with van der Waals surface area (Å²) in [6.07, 6.45) is 3.24. The summed E-state index contributed by atoms with van der Waals surface area (Å²) in [7, 11) is -3.56. The molecule has 0 aliphatic heterocycles. The first-order valence-corrected chi connectivity index (χ1v) is 15.0. The molecule has 2 rings (SSSR count). The number of aryl methyl sites for hydroxylation is 2. The van der Waals surface area contributed by atoms with Crippen molar-refractivity contribution in [3.8, 4) is 0 Å². The SMILES string of the molecule is CCCCNC(=O)C(C)N(Cc1c(Cl)cccc1Cl)C(=O)CCCN(c1cc(C)cc(C)c1)S(C)(=O)=O. The lowest BCUT2D eigenvalue weighted by atomic mass is 10.1. The van der Waals surface area contributed by atoms with E-state index in [0.29, 0.717) is 27.8 Å². The molecular weight excluding hydrogens is 533 g/mol. The number of hydrogen-bond acceptors (Lipinski definition) is 4. The van der Waals surface area contributed by atoms with Crippen molar-refractivity contribution in [1.29, 1.82) is 0 Å². The summed E-state index contributed by atoms with van der Waals surface area (Å²) in [4.78, 5) is 27.7. The Morgan fingerprint density at radius 1 is 1.03 bits per heavy atom. The van der Waals surface area contributed by atoms with Gasteiger partial charge < -0.3 is 10.2 Å². The molecule has 7 nitrogen and oxygen atoms in total. The second-order valence-corrected chi connectivity index (χ2v) is 12.0. The Balaban J connectivity index is 2.23. The number of nitrogens with one attached hydrogen (secondary N) is 1. The monoisotopic (exact) mass is 569 g/mol. The van der Waals surface area contributed by atoms with Gasteiger partial charge in [-0.2, -0.15) is 0 Å². The van der Waals surface area contributed by atoms with Gasteiger partial charge in [0.1, 0.15) is 6.04 Å². The van der Waals surface area contributed by atoms with Gasteiger partial charge in [-0.1, -0.05) is 48.7 Å². The van der Waals surface area contributed by atoms with Crippen LogP contribution < -0.4 is 9.62 Å². The summed E-state index contributed by atoms with van der Waals surface area (Å²) in [6.45, 7) is 8.23. The van der Waals surface area contributed by atoms with Gasteiger partial charge in [0.15, 0.2) is 0 Å². The van der Waals surface area contributed by atoms with E-state index >= 15 is 0 Å². The summed E-state index contributed by atoms with van der Waals surface area (Å²) in [5.74, 6) is -0.555. The van der Waals surface area contributed by atoms with Crippen molar-refractivity contribution in [1.82, 2.24) is 10.2 Å². The second-order valence-electron chi connectivity index (χ2n) is 9.33. The number of rotatable bonds is 13. The van der Waals surface area contributed by atoms with Crippen LogP contribution in [-0.4, -0.2) is 50.5 Å². The van der Waals surface area contributed by atoms with E-state index in [0.717, 1.165) is 30.2 Å². The highest BCUT2D eigenvalue weighted by molar-refractivity contribution is 7.92. The first-order valence-electron chi connectivity index (χ1n) is 12.4. The van der Waals surface area contributed by atoms with Gasteiger partial charge in [0, 0.05) is 41.7 Å². The molecule has 2 amide bonds. The maximum Gasteiger partial charge on any atom is 0.242 e. The summed E-state index contributed by atoms with van der Waals surface area (Å²) in [5, 5.41) is 3.68. The fraction of sp³-hybridized carbons (Fsp3) is 0.481.